The van der Waals surface area contributed by atoms with E-state index in [9.17, 15) is 14.7 Å². The molecule has 0 aromatic heterocycles. The summed E-state index contributed by atoms with van der Waals surface area (Å²) in [5.74, 6) is -0.679. The Bertz CT molecular complexity index is 1930. The molecular weight excluding hydrogens is 957 g/mol. The average molecular weight is 1070 g/mol. The average Bonchev–Trinajstić information content (AvgIpc) is 3.44. The molecule has 0 aliphatic carbocycles. The fraction of sp³-hybridized carbons (Fsp3) is 0.479. The number of carbonyl (C=O) groups excluding carboxylic acids is 2. The van der Waals surface area contributed by atoms with Gasteiger partial charge in [-0.2, -0.15) is 0 Å². The van der Waals surface area contributed by atoms with E-state index in [1.54, 1.807) is 0 Å². The quantitative estimate of drug-likeness (QED) is 0.0373. The fourth-order valence-corrected chi connectivity index (χ4v) is 7.30. The van der Waals surface area contributed by atoms with E-state index in [2.05, 4.69) is 233 Å². The van der Waals surface area contributed by atoms with Gasteiger partial charge in [0.2, 0.25) is 0 Å². The van der Waals surface area contributed by atoms with E-state index in [1.807, 2.05) is 0 Å². The SMILES string of the molecule is CC/C=C\C/C=C\C/C=C\C/C=C\C/C=C\C/C=C\C/C=C\C/C=C\C/C=C\C/C=C\CCCCCCCCC(=O)OC(CO)COC(=O)CCCC/C=C\C/C=C\C/C=C\C/C=C\C/C=C\C/C=C\C/C=C\C/C=C\CC. The molecule has 0 heterocycles. The predicted molar refractivity (Wildman–Crippen MR) is 342 cm³/mol. The largest absolute Gasteiger partial charge is 0.462 e. The Morgan fingerprint density at radius 3 is 0.795 bits per heavy atom. The van der Waals surface area contributed by atoms with Gasteiger partial charge < -0.3 is 14.6 Å². The van der Waals surface area contributed by atoms with E-state index < -0.39 is 6.10 Å². The summed E-state index contributed by atoms with van der Waals surface area (Å²) in [7, 11) is 0. The number of esters is 2. The molecule has 0 spiro atoms. The number of hydrogen-bond donors (Lipinski definition) is 1. The molecule has 1 N–H and O–H groups in total. The number of hydrogen-bond acceptors (Lipinski definition) is 5. The smallest absolute Gasteiger partial charge is 0.306 e. The predicted octanol–water partition coefficient (Wildman–Crippen LogP) is 21.2. The second-order valence-electron chi connectivity index (χ2n) is 19.0. The molecule has 0 rings (SSSR count). The number of ether oxygens (including phenoxy) is 2. The van der Waals surface area contributed by atoms with Crippen LogP contribution in [0.1, 0.15) is 206 Å². The zero-order chi connectivity index (χ0) is 56.2. The van der Waals surface area contributed by atoms with Crippen LogP contribution in [-0.2, 0) is 19.1 Å². The maximum atomic E-state index is 12.3. The van der Waals surface area contributed by atoms with E-state index >= 15 is 0 Å². The number of carbonyl (C=O) groups is 2. The monoisotopic (exact) mass is 1060 g/mol. The molecule has 430 valence electrons. The lowest BCUT2D eigenvalue weighted by molar-refractivity contribution is -0.161. The minimum atomic E-state index is -0.819. The van der Waals surface area contributed by atoms with Crippen LogP contribution in [0.2, 0.25) is 0 Å². The fourth-order valence-electron chi connectivity index (χ4n) is 7.30. The molecular formula is C73H108O5. The maximum absolute atomic E-state index is 12.3. The molecule has 0 bridgehead atoms. The highest BCUT2D eigenvalue weighted by molar-refractivity contribution is 5.70. The van der Waals surface area contributed by atoms with Gasteiger partial charge >= 0.3 is 11.9 Å². The van der Waals surface area contributed by atoms with Crippen molar-refractivity contribution in [2.24, 2.45) is 0 Å². The van der Waals surface area contributed by atoms with Gasteiger partial charge in [0.1, 0.15) is 6.61 Å². The topological polar surface area (TPSA) is 72.8 Å². The molecule has 0 aliphatic heterocycles. The molecule has 0 saturated heterocycles. The van der Waals surface area contributed by atoms with Crippen molar-refractivity contribution in [3.05, 3.63) is 219 Å². The minimum absolute atomic E-state index is 0.111. The van der Waals surface area contributed by atoms with Crippen molar-refractivity contribution in [2.75, 3.05) is 13.2 Å². The van der Waals surface area contributed by atoms with Crippen molar-refractivity contribution in [3.8, 4) is 0 Å². The molecule has 5 heteroatoms. The Hall–Kier alpha value is -5.78. The highest BCUT2D eigenvalue weighted by Gasteiger charge is 2.16. The van der Waals surface area contributed by atoms with Gasteiger partial charge in [-0.3, -0.25) is 9.59 Å². The van der Waals surface area contributed by atoms with Crippen molar-refractivity contribution in [1.82, 2.24) is 0 Å². The summed E-state index contributed by atoms with van der Waals surface area (Å²) < 4.78 is 10.7. The molecule has 78 heavy (non-hydrogen) atoms. The van der Waals surface area contributed by atoms with E-state index in [0.717, 1.165) is 167 Å². The third-order valence-corrected chi connectivity index (χ3v) is 11.8. The second kappa shape index (κ2) is 65.5. The summed E-state index contributed by atoms with van der Waals surface area (Å²) in [5, 5.41) is 9.66. The van der Waals surface area contributed by atoms with Crippen LogP contribution < -0.4 is 0 Å². The van der Waals surface area contributed by atoms with Crippen LogP contribution in [0.3, 0.4) is 0 Å². The van der Waals surface area contributed by atoms with E-state index in [-0.39, 0.29) is 25.2 Å². The molecule has 1 atom stereocenters. The first-order chi connectivity index (χ1) is 38.6. The van der Waals surface area contributed by atoms with Crippen molar-refractivity contribution in [1.29, 1.82) is 0 Å². The van der Waals surface area contributed by atoms with Crippen LogP contribution in [-0.4, -0.2) is 36.4 Å². The third-order valence-electron chi connectivity index (χ3n) is 11.8. The van der Waals surface area contributed by atoms with Crippen LogP contribution in [0, 0.1) is 0 Å². The molecule has 0 aliphatic rings. The number of rotatable bonds is 52. The molecule has 0 amide bonds. The van der Waals surface area contributed by atoms with Crippen LogP contribution in [0.25, 0.3) is 0 Å². The van der Waals surface area contributed by atoms with Crippen molar-refractivity contribution in [2.45, 2.75) is 213 Å². The van der Waals surface area contributed by atoms with Gasteiger partial charge in [0, 0.05) is 12.8 Å². The summed E-state index contributed by atoms with van der Waals surface area (Å²) in [4.78, 5) is 24.5. The van der Waals surface area contributed by atoms with Crippen LogP contribution in [0.5, 0.6) is 0 Å². The summed E-state index contributed by atoms with van der Waals surface area (Å²) in [6.45, 7) is 3.84. The Morgan fingerprint density at radius 1 is 0.295 bits per heavy atom. The lowest BCUT2D eigenvalue weighted by atomic mass is 10.1. The first-order valence-electron chi connectivity index (χ1n) is 30.3. The molecule has 5 nitrogen and oxygen atoms in total. The Balaban J connectivity index is 3.72. The molecule has 0 aromatic carbocycles. The summed E-state index contributed by atoms with van der Waals surface area (Å²) in [6.07, 6.45) is 108. The van der Waals surface area contributed by atoms with Crippen molar-refractivity contribution >= 4 is 11.9 Å². The lowest BCUT2D eigenvalue weighted by Crippen LogP contribution is -2.28. The van der Waals surface area contributed by atoms with Gasteiger partial charge in [-0.1, -0.05) is 258 Å². The summed E-state index contributed by atoms with van der Waals surface area (Å²) in [5.41, 5.74) is 0. The van der Waals surface area contributed by atoms with E-state index in [1.165, 1.54) is 12.8 Å². The normalized spacial score (nSPS) is 13.8. The van der Waals surface area contributed by atoms with Gasteiger partial charge in [0.05, 0.1) is 6.61 Å². The number of unbranched alkanes of at least 4 members (excludes halogenated alkanes) is 8. The van der Waals surface area contributed by atoms with Crippen LogP contribution >= 0.6 is 0 Å². The molecule has 0 fully saturated rings. The highest BCUT2D eigenvalue weighted by atomic mass is 16.6. The number of aliphatic hydroxyl groups is 1. The maximum Gasteiger partial charge on any atom is 0.306 e. The first-order valence-corrected chi connectivity index (χ1v) is 30.3. The Morgan fingerprint density at radius 2 is 0.513 bits per heavy atom. The zero-order valence-corrected chi connectivity index (χ0v) is 49.1. The minimum Gasteiger partial charge on any atom is -0.462 e. The van der Waals surface area contributed by atoms with Gasteiger partial charge in [0.15, 0.2) is 6.10 Å². The first kappa shape index (κ1) is 72.2. The third kappa shape index (κ3) is 62.8. The molecule has 0 radical (unpaired) electrons. The van der Waals surface area contributed by atoms with Gasteiger partial charge in [-0.05, 0) is 154 Å². The standard InChI is InChI=1S/C73H108O5/c1-3-5-7-9-11-13-15-17-19-21-23-25-27-29-31-32-33-34-35-36-37-38-39-40-42-44-46-48-50-52-54-56-58-60-62-64-66-68-73(76)78-71(69-74)70-77-72(75)67-65-63-61-59-57-55-53-51-49-47-45-43-41-30-28-26-24-22-20-18-16-14-12-10-8-6-4-2/h5-8,11-14,17-20,23-26,29-31,33-34,36-37,39-41,44-47,50-53,57,59,71,74H,3-4,9-10,15-16,21-22,27-28,32,35,38,42-43,48-49,54-56,58,60-70H2,1-2H3/b7-5-,8-6-,13-11-,14-12-,19-17-,20-18-,25-23-,26-24-,31-29-,34-33-,37-36-,40-39-,41-30-,46-44-,47-45-,52-50-,53-51-,59-57-. The Kier molecular flexibility index (Phi) is 60.6. The van der Waals surface area contributed by atoms with E-state index in [0.29, 0.717) is 12.8 Å². The van der Waals surface area contributed by atoms with Crippen LogP contribution in [0.4, 0.5) is 0 Å². The van der Waals surface area contributed by atoms with Gasteiger partial charge in [-0.25, -0.2) is 0 Å². The Labute approximate surface area is 478 Å². The summed E-state index contributed by atoms with van der Waals surface area (Å²) in [6, 6.07) is 0. The number of allylic oxidation sites excluding steroid dienone is 36. The summed E-state index contributed by atoms with van der Waals surface area (Å²) >= 11 is 0. The van der Waals surface area contributed by atoms with Crippen molar-refractivity contribution in [3.63, 3.8) is 0 Å². The zero-order valence-electron chi connectivity index (χ0n) is 49.1. The molecule has 0 saturated carbocycles. The second-order valence-corrected chi connectivity index (χ2v) is 19.0. The van der Waals surface area contributed by atoms with E-state index in [4.69, 9.17) is 9.47 Å². The van der Waals surface area contributed by atoms with Gasteiger partial charge in [0.25, 0.3) is 0 Å². The van der Waals surface area contributed by atoms with Gasteiger partial charge in [-0.15, -0.1) is 0 Å². The highest BCUT2D eigenvalue weighted by Crippen LogP contribution is 2.11. The van der Waals surface area contributed by atoms with Crippen molar-refractivity contribution < 1.29 is 24.2 Å². The lowest BCUT2D eigenvalue weighted by Gasteiger charge is -2.15. The molecule has 0 aromatic rings. The number of aliphatic hydroxyl groups excluding tert-OH is 1. The molecule has 1 unspecified atom stereocenters. The van der Waals surface area contributed by atoms with Crippen LogP contribution in [0.15, 0.2) is 219 Å².